The Morgan fingerprint density at radius 3 is 2.89 bits per heavy atom. The van der Waals surface area contributed by atoms with Crippen LogP contribution < -0.4 is 5.32 Å². The van der Waals surface area contributed by atoms with Crippen molar-refractivity contribution in [3.63, 3.8) is 0 Å². The van der Waals surface area contributed by atoms with E-state index in [1.165, 1.54) is 16.4 Å². The number of hydrogen-bond donors (Lipinski definition) is 1. The Hall–Kier alpha value is -1.49. The number of piperazine rings is 1. The highest BCUT2D eigenvalue weighted by atomic mass is 32.2. The molecule has 19 heavy (non-hydrogen) atoms. The summed E-state index contributed by atoms with van der Waals surface area (Å²) in [6.07, 6.45) is 0. The molecule has 0 aromatic heterocycles. The zero-order valence-corrected chi connectivity index (χ0v) is 11.2. The van der Waals surface area contributed by atoms with Gasteiger partial charge in [0.1, 0.15) is 22.3 Å². The molecule has 0 amide bonds. The average Bonchev–Trinajstić information content (AvgIpc) is 2.38. The van der Waals surface area contributed by atoms with E-state index in [-0.39, 0.29) is 10.9 Å². The summed E-state index contributed by atoms with van der Waals surface area (Å²) in [6, 6.07) is 5.05. The van der Waals surface area contributed by atoms with Crippen LogP contribution in [0.15, 0.2) is 23.1 Å². The third-order valence-corrected chi connectivity index (χ3v) is 5.17. The van der Waals surface area contributed by atoms with Crippen LogP contribution >= 0.6 is 0 Å². The molecule has 0 bridgehead atoms. The van der Waals surface area contributed by atoms with Gasteiger partial charge in [-0.2, -0.15) is 9.57 Å². The lowest BCUT2D eigenvalue weighted by molar-refractivity contribution is 0.283. The molecule has 0 radical (unpaired) electrons. The first-order valence-corrected chi connectivity index (χ1v) is 7.33. The quantitative estimate of drug-likeness (QED) is 0.866. The molecule has 1 heterocycles. The molecule has 1 atom stereocenters. The summed E-state index contributed by atoms with van der Waals surface area (Å²) >= 11 is 0. The Bertz CT molecular complexity index is 624. The van der Waals surface area contributed by atoms with Crippen LogP contribution in [0.5, 0.6) is 0 Å². The second-order valence-electron chi connectivity index (χ2n) is 4.39. The maximum Gasteiger partial charge on any atom is 0.244 e. The summed E-state index contributed by atoms with van der Waals surface area (Å²) in [5.41, 5.74) is -0.423. The smallest absolute Gasteiger partial charge is 0.244 e. The van der Waals surface area contributed by atoms with Gasteiger partial charge >= 0.3 is 0 Å². The number of benzene rings is 1. The van der Waals surface area contributed by atoms with Gasteiger partial charge in [0.15, 0.2) is 0 Å². The van der Waals surface area contributed by atoms with Crippen LogP contribution in [-0.4, -0.2) is 38.4 Å². The minimum atomic E-state index is -3.85. The van der Waals surface area contributed by atoms with E-state index in [9.17, 15) is 12.8 Å². The van der Waals surface area contributed by atoms with Crippen molar-refractivity contribution in [3.8, 4) is 6.07 Å². The first kappa shape index (κ1) is 13.9. The van der Waals surface area contributed by atoms with Crippen molar-refractivity contribution in [2.24, 2.45) is 0 Å². The SMILES string of the molecule is C[C@@H]1CNCCN1S(=O)(=O)c1cccc(F)c1C#N. The van der Waals surface area contributed by atoms with Gasteiger partial charge in [-0.15, -0.1) is 0 Å². The summed E-state index contributed by atoms with van der Waals surface area (Å²) in [5.74, 6) is -0.814. The van der Waals surface area contributed by atoms with Crippen LogP contribution in [0.25, 0.3) is 0 Å². The van der Waals surface area contributed by atoms with Crippen molar-refractivity contribution in [1.82, 2.24) is 9.62 Å². The van der Waals surface area contributed by atoms with Crippen LogP contribution in [0.4, 0.5) is 4.39 Å². The largest absolute Gasteiger partial charge is 0.314 e. The fourth-order valence-corrected chi connectivity index (χ4v) is 3.92. The van der Waals surface area contributed by atoms with Crippen LogP contribution in [0.2, 0.25) is 0 Å². The van der Waals surface area contributed by atoms with Crippen LogP contribution in [-0.2, 0) is 10.0 Å². The number of hydrogen-bond acceptors (Lipinski definition) is 4. The molecule has 5 nitrogen and oxygen atoms in total. The summed E-state index contributed by atoms with van der Waals surface area (Å²) in [6.45, 7) is 3.16. The minimum absolute atomic E-state index is 0.228. The van der Waals surface area contributed by atoms with E-state index in [2.05, 4.69) is 5.32 Å². The molecule has 1 aromatic rings. The molecule has 0 aliphatic carbocycles. The third kappa shape index (κ3) is 2.47. The topological polar surface area (TPSA) is 73.2 Å². The first-order valence-electron chi connectivity index (χ1n) is 5.89. The van der Waals surface area contributed by atoms with Gasteiger partial charge in [-0.1, -0.05) is 6.07 Å². The molecular formula is C12H14FN3O2S. The number of rotatable bonds is 2. The first-order chi connectivity index (χ1) is 8.98. The normalized spacial score (nSPS) is 21.0. The van der Waals surface area contributed by atoms with E-state index < -0.39 is 21.4 Å². The Morgan fingerprint density at radius 1 is 1.53 bits per heavy atom. The molecule has 7 heteroatoms. The molecule has 1 saturated heterocycles. The molecule has 0 spiro atoms. The molecule has 1 aliphatic heterocycles. The van der Waals surface area contributed by atoms with E-state index >= 15 is 0 Å². The molecule has 2 rings (SSSR count). The van der Waals surface area contributed by atoms with Crippen LogP contribution in [0.3, 0.4) is 0 Å². The van der Waals surface area contributed by atoms with Gasteiger partial charge in [0.2, 0.25) is 10.0 Å². The number of nitriles is 1. The van der Waals surface area contributed by atoms with Gasteiger partial charge in [-0.25, -0.2) is 12.8 Å². The monoisotopic (exact) mass is 283 g/mol. The van der Waals surface area contributed by atoms with E-state index in [1.807, 2.05) is 0 Å². The molecule has 1 aromatic carbocycles. The fraction of sp³-hybridized carbons (Fsp3) is 0.417. The van der Waals surface area contributed by atoms with Crippen molar-refractivity contribution < 1.29 is 12.8 Å². The number of nitrogens with one attached hydrogen (secondary N) is 1. The van der Waals surface area contributed by atoms with Gasteiger partial charge in [0.25, 0.3) is 0 Å². The maximum atomic E-state index is 13.5. The highest BCUT2D eigenvalue weighted by Crippen LogP contribution is 2.24. The molecule has 0 saturated carbocycles. The summed E-state index contributed by atoms with van der Waals surface area (Å²) < 4.78 is 39.9. The molecule has 1 fully saturated rings. The predicted octanol–water partition coefficient (Wildman–Crippen LogP) is 0.680. The van der Waals surface area contributed by atoms with Gasteiger partial charge in [0.05, 0.1) is 0 Å². The molecule has 1 N–H and O–H groups in total. The number of nitrogens with zero attached hydrogens (tertiary/aromatic N) is 2. The maximum absolute atomic E-state index is 13.5. The van der Waals surface area contributed by atoms with Gasteiger partial charge in [-0.05, 0) is 19.1 Å². The van der Waals surface area contributed by atoms with Gasteiger partial charge in [-0.3, -0.25) is 0 Å². The van der Waals surface area contributed by atoms with Crippen molar-refractivity contribution in [1.29, 1.82) is 5.26 Å². The van der Waals surface area contributed by atoms with Crippen molar-refractivity contribution in [2.75, 3.05) is 19.6 Å². The van der Waals surface area contributed by atoms with E-state index in [0.717, 1.165) is 6.07 Å². The molecule has 102 valence electrons. The van der Waals surface area contributed by atoms with E-state index in [0.29, 0.717) is 19.6 Å². The Kier molecular flexibility index (Phi) is 3.85. The highest BCUT2D eigenvalue weighted by Gasteiger charge is 2.33. The summed E-state index contributed by atoms with van der Waals surface area (Å²) in [5, 5.41) is 12.0. The second kappa shape index (κ2) is 5.25. The van der Waals surface area contributed by atoms with E-state index in [1.54, 1.807) is 13.0 Å². The Balaban J connectivity index is 2.51. The second-order valence-corrected chi connectivity index (χ2v) is 6.25. The Labute approximate surface area is 111 Å². The Morgan fingerprint density at radius 2 is 2.26 bits per heavy atom. The van der Waals surface area contributed by atoms with Crippen molar-refractivity contribution in [2.45, 2.75) is 17.9 Å². The van der Waals surface area contributed by atoms with Crippen molar-refractivity contribution in [3.05, 3.63) is 29.6 Å². The summed E-state index contributed by atoms with van der Waals surface area (Å²) in [4.78, 5) is -0.260. The number of halogens is 1. The van der Waals surface area contributed by atoms with Gasteiger partial charge < -0.3 is 5.32 Å². The highest BCUT2D eigenvalue weighted by molar-refractivity contribution is 7.89. The lowest BCUT2D eigenvalue weighted by atomic mass is 10.2. The minimum Gasteiger partial charge on any atom is -0.314 e. The van der Waals surface area contributed by atoms with Gasteiger partial charge in [0, 0.05) is 25.7 Å². The predicted molar refractivity (Wildman–Crippen MR) is 67.3 cm³/mol. The fourth-order valence-electron chi connectivity index (χ4n) is 2.13. The van der Waals surface area contributed by atoms with Crippen LogP contribution in [0.1, 0.15) is 12.5 Å². The lowest BCUT2D eigenvalue weighted by Crippen LogP contribution is -2.52. The molecular weight excluding hydrogens is 269 g/mol. The average molecular weight is 283 g/mol. The third-order valence-electron chi connectivity index (χ3n) is 3.11. The van der Waals surface area contributed by atoms with Crippen LogP contribution in [0, 0.1) is 17.1 Å². The zero-order valence-electron chi connectivity index (χ0n) is 10.4. The summed E-state index contributed by atoms with van der Waals surface area (Å²) in [7, 11) is -3.85. The molecule has 0 unspecified atom stereocenters. The lowest BCUT2D eigenvalue weighted by Gasteiger charge is -2.33. The zero-order chi connectivity index (χ0) is 14.0. The standard InChI is InChI=1S/C12H14FN3O2S/c1-9-8-15-5-6-16(9)19(17,18)12-4-2-3-11(13)10(12)7-14/h2-4,9,15H,5-6,8H2,1H3/t9-/m1/s1. The number of sulfonamides is 1. The van der Waals surface area contributed by atoms with E-state index in [4.69, 9.17) is 5.26 Å². The van der Waals surface area contributed by atoms with Crippen molar-refractivity contribution >= 4 is 10.0 Å². The molecule has 1 aliphatic rings.